The Balaban J connectivity index is 1.40. The highest BCUT2D eigenvalue weighted by Crippen LogP contribution is 2.51. The molecule has 3 heterocycles. The van der Waals surface area contributed by atoms with Gasteiger partial charge < -0.3 is 15.6 Å². The number of halogens is 3. The number of amides is 2. The minimum absolute atomic E-state index is 0.0263. The van der Waals surface area contributed by atoms with E-state index in [9.17, 15) is 27.6 Å². The van der Waals surface area contributed by atoms with Crippen molar-refractivity contribution in [2.75, 3.05) is 5.32 Å². The summed E-state index contributed by atoms with van der Waals surface area (Å²) >= 11 is 0. The van der Waals surface area contributed by atoms with Crippen LogP contribution in [0.15, 0.2) is 47.8 Å². The van der Waals surface area contributed by atoms with Gasteiger partial charge >= 0.3 is 6.18 Å². The van der Waals surface area contributed by atoms with E-state index in [4.69, 9.17) is 0 Å². The summed E-state index contributed by atoms with van der Waals surface area (Å²) < 4.78 is 44.1. The first-order chi connectivity index (χ1) is 18.5. The second-order valence-electron chi connectivity index (χ2n) is 10.6. The Bertz CT molecular complexity index is 1390. The van der Waals surface area contributed by atoms with Gasteiger partial charge in [0.1, 0.15) is 11.7 Å². The van der Waals surface area contributed by atoms with Gasteiger partial charge in [-0.2, -0.15) is 23.4 Å². The Hall–Kier alpha value is -3.90. The molecule has 5 rings (SSSR count). The molecule has 3 aromatic heterocycles. The van der Waals surface area contributed by atoms with Gasteiger partial charge in [-0.05, 0) is 75.5 Å². The van der Waals surface area contributed by atoms with E-state index in [1.54, 1.807) is 10.7 Å². The number of H-pyrrole nitrogens is 1. The van der Waals surface area contributed by atoms with Crippen molar-refractivity contribution in [2.24, 2.45) is 17.8 Å². The van der Waals surface area contributed by atoms with Crippen molar-refractivity contribution in [2.45, 2.75) is 63.8 Å². The fourth-order valence-electron chi connectivity index (χ4n) is 5.23. The molecule has 0 saturated heterocycles. The second-order valence-corrected chi connectivity index (χ2v) is 10.6. The third-order valence-corrected chi connectivity index (χ3v) is 7.27. The molecule has 2 fully saturated rings. The Morgan fingerprint density at radius 1 is 1.10 bits per heavy atom. The zero-order valence-electron chi connectivity index (χ0n) is 21.5. The minimum atomic E-state index is -4.82. The minimum Gasteiger partial charge on any atom is -0.339 e. The Morgan fingerprint density at radius 3 is 2.38 bits per heavy atom. The van der Waals surface area contributed by atoms with E-state index in [1.165, 1.54) is 18.5 Å². The molecule has 3 N–H and O–H groups in total. The predicted octanol–water partition coefficient (Wildman–Crippen LogP) is 3.67. The molecule has 2 aliphatic carbocycles. The highest BCUT2D eigenvalue weighted by Gasteiger charge is 2.49. The van der Waals surface area contributed by atoms with E-state index in [-0.39, 0.29) is 17.6 Å². The van der Waals surface area contributed by atoms with Crippen LogP contribution in [0.3, 0.4) is 0 Å². The zero-order valence-corrected chi connectivity index (χ0v) is 21.5. The largest absolute Gasteiger partial charge is 0.415 e. The van der Waals surface area contributed by atoms with Crippen LogP contribution in [0.25, 0.3) is 0 Å². The summed E-state index contributed by atoms with van der Waals surface area (Å²) in [6.07, 6.45) is 3.92. The van der Waals surface area contributed by atoms with E-state index >= 15 is 0 Å². The molecule has 0 bridgehead atoms. The van der Waals surface area contributed by atoms with Crippen molar-refractivity contribution in [1.82, 2.24) is 29.9 Å². The number of hydrogen-bond acceptors (Lipinski definition) is 5. The van der Waals surface area contributed by atoms with Crippen molar-refractivity contribution >= 4 is 17.5 Å². The van der Waals surface area contributed by atoms with Crippen molar-refractivity contribution in [3.05, 3.63) is 64.6 Å². The van der Waals surface area contributed by atoms with Gasteiger partial charge in [0.2, 0.25) is 5.91 Å². The molecule has 10 nitrogen and oxygen atoms in total. The van der Waals surface area contributed by atoms with Gasteiger partial charge in [-0.25, -0.2) is 0 Å². The van der Waals surface area contributed by atoms with Gasteiger partial charge in [-0.3, -0.25) is 23.7 Å². The summed E-state index contributed by atoms with van der Waals surface area (Å²) in [5, 5.41) is 13.6. The van der Waals surface area contributed by atoms with E-state index < -0.39 is 41.2 Å². The van der Waals surface area contributed by atoms with Gasteiger partial charge in [0.05, 0.1) is 17.4 Å². The summed E-state index contributed by atoms with van der Waals surface area (Å²) in [5.74, 6) is -0.450. The predicted molar refractivity (Wildman–Crippen MR) is 135 cm³/mol. The molecule has 2 atom stereocenters. The molecule has 39 heavy (non-hydrogen) atoms. The molecule has 2 saturated carbocycles. The summed E-state index contributed by atoms with van der Waals surface area (Å²) in [4.78, 5) is 41.2. The number of carbonyl (C=O) groups is 2. The van der Waals surface area contributed by atoms with Crippen LogP contribution >= 0.6 is 0 Å². The van der Waals surface area contributed by atoms with Crippen molar-refractivity contribution in [1.29, 1.82) is 0 Å². The van der Waals surface area contributed by atoms with E-state index in [0.717, 1.165) is 44.1 Å². The second kappa shape index (κ2) is 10.3. The van der Waals surface area contributed by atoms with Crippen molar-refractivity contribution in [3.8, 4) is 0 Å². The van der Waals surface area contributed by atoms with Crippen LogP contribution in [0.5, 0.6) is 0 Å². The number of hydrogen-bond donors (Lipinski definition) is 3. The van der Waals surface area contributed by atoms with Crippen LogP contribution in [0.2, 0.25) is 0 Å². The molecule has 0 spiro atoms. The molecule has 3 aromatic rings. The van der Waals surface area contributed by atoms with Crippen LogP contribution in [0.4, 0.5) is 18.9 Å². The van der Waals surface area contributed by atoms with Crippen LogP contribution in [0, 0.1) is 17.8 Å². The number of nitrogens with zero attached hydrogens (tertiary/aromatic N) is 4. The van der Waals surface area contributed by atoms with E-state index in [2.05, 4.69) is 25.8 Å². The molecule has 2 unspecified atom stereocenters. The number of anilines is 1. The first kappa shape index (κ1) is 26.7. The van der Waals surface area contributed by atoms with E-state index in [0.29, 0.717) is 22.2 Å². The lowest BCUT2D eigenvalue weighted by atomic mass is 9.88. The first-order valence-electron chi connectivity index (χ1n) is 13.0. The van der Waals surface area contributed by atoms with Gasteiger partial charge in [-0.1, -0.05) is 0 Å². The molecule has 208 valence electrons. The average Bonchev–Trinajstić information content (AvgIpc) is 3.79. The van der Waals surface area contributed by atoms with E-state index in [1.807, 2.05) is 13.8 Å². The number of rotatable bonds is 10. The molecule has 2 amide bonds. The number of aromatic amines is 1. The van der Waals surface area contributed by atoms with Crippen molar-refractivity contribution in [3.63, 3.8) is 0 Å². The molecular formula is C26H30F3N7O3. The first-order valence-corrected chi connectivity index (χ1v) is 13.0. The van der Waals surface area contributed by atoms with Gasteiger partial charge in [0.15, 0.2) is 6.04 Å². The quantitative estimate of drug-likeness (QED) is 0.358. The van der Waals surface area contributed by atoms with Crippen LogP contribution in [0.1, 0.15) is 67.7 Å². The number of carbonyl (C=O) groups excluding carboxylic acids is 2. The highest BCUT2D eigenvalue weighted by atomic mass is 19.4. The molecule has 2 aliphatic rings. The van der Waals surface area contributed by atoms with Gasteiger partial charge in [-0.15, -0.1) is 0 Å². The smallest absolute Gasteiger partial charge is 0.339 e. The standard InChI is InChI=1S/C26H30F3N7O3/c1-14(2)36-19(9-11-31-36)24(38)34-21(20(15-5-6-15)16-7-8-16)25(39)33-17-12-32-35(13-17)22(26(27,28)29)18-4-3-10-30-23(18)37/h3-4,9-16,20-22H,5-8H2,1-2H3,(H,30,37)(H,33,39)(H,34,38). The third kappa shape index (κ3) is 5.76. The van der Waals surface area contributed by atoms with Crippen LogP contribution in [-0.4, -0.2) is 48.6 Å². The lowest BCUT2D eigenvalue weighted by Gasteiger charge is -2.27. The maximum absolute atomic E-state index is 14.0. The molecule has 0 radical (unpaired) electrons. The molecule has 0 aromatic carbocycles. The number of nitrogens with one attached hydrogen (secondary N) is 3. The van der Waals surface area contributed by atoms with Gasteiger partial charge in [0.25, 0.3) is 11.5 Å². The summed E-state index contributed by atoms with van der Waals surface area (Å²) in [6, 6.07) is 0.675. The highest BCUT2D eigenvalue weighted by molar-refractivity contribution is 6.00. The monoisotopic (exact) mass is 545 g/mol. The summed E-state index contributed by atoms with van der Waals surface area (Å²) in [7, 11) is 0. The number of aromatic nitrogens is 5. The molecular weight excluding hydrogens is 515 g/mol. The van der Waals surface area contributed by atoms with Crippen LogP contribution in [-0.2, 0) is 4.79 Å². The third-order valence-electron chi connectivity index (χ3n) is 7.27. The molecule has 13 heteroatoms. The number of pyridine rings is 1. The maximum atomic E-state index is 14.0. The normalized spacial score (nSPS) is 17.3. The van der Waals surface area contributed by atoms with Gasteiger partial charge in [0, 0.05) is 24.6 Å². The maximum Gasteiger partial charge on any atom is 0.415 e. The Kier molecular flexibility index (Phi) is 7.08. The summed E-state index contributed by atoms with van der Waals surface area (Å²) in [5.41, 5.74) is -1.07. The summed E-state index contributed by atoms with van der Waals surface area (Å²) in [6.45, 7) is 3.78. The lowest BCUT2D eigenvalue weighted by molar-refractivity contribution is -0.159. The fourth-order valence-corrected chi connectivity index (χ4v) is 5.23. The van der Waals surface area contributed by atoms with Crippen LogP contribution < -0.4 is 16.2 Å². The molecule has 0 aliphatic heterocycles. The lowest BCUT2D eigenvalue weighted by Crippen LogP contribution is -2.50. The fraction of sp³-hybridized carbons (Fsp3) is 0.500. The average molecular weight is 546 g/mol. The topological polar surface area (TPSA) is 127 Å². The SMILES string of the molecule is CC(C)n1nccc1C(=O)NC(C(=O)Nc1cnn(C(c2ccc[nH]c2=O)C(F)(F)F)c1)C(C1CC1)C1CC1. The Morgan fingerprint density at radius 2 is 1.79 bits per heavy atom. The number of alkyl halides is 3. The van der Waals surface area contributed by atoms with Crippen molar-refractivity contribution < 1.29 is 22.8 Å². The zero-order chi connectivity index (χ0) is 27.9. The Labute approximate surface area is 222 Å².